The highest BCUT2D eigenvalue weighted by atomic mass is 16.3. The molecule has 1 saturated carbocycles. The van der Waals surface area contributed by atoms with Gasteiger partial charge in [0.05, 0.1) is 22.4 Å². The number of hydrogen-bond donors (Lipinski definition) is 6. The quantitative estimate of drug-likeness (QED) is 0.253. The maximum Gasteiger partial charge on any atom is 0.235 e. The van der Waals surface area contributed by atoms with Crippen molar-refractivity contribution in [2.75, 3.05) is 19.0 Å². The van der Waals surface area contributed by atoms with E-state index in [0.29, 0.717) is 5.69 Å². The van der Waals surface area contributed by atoms with Crippen LogP contribution < -0.4 is 10.6 Å². The Morgan fingerprint density at radius 2 is 1.72 bits per heavy atom. The fourth-order valence-electron chi connectivity index (χ4n) is 4.79. The molecule has 0 saturated heterocycles. The first-order valence-corrected chi connectivity index (χ1v) is 9.58. The molecule has 32 heavy (non-hydrogen) atoms. The number of rotatable bonds is 2. The second-order valence-electron chi connectivity index (χ2n) is 8.25. The van der Waals surface area contributed by atoms with E-state index in [1.807, 2.05) is 0 Å². The number of benzene rings is 2. The molecule has 1 amide bonds. The van der Waals surface area contributed by atoms with Crippen molar-refractivity contribution in [1.29, 1.82) is 0 Å². The molecule has 2 aliphatic carbocycles. The van der Waals surface area contributed by atoms with Crippen LogP contribution in [-0.2, 0) is 14.4 Å². The molecule has 0 spiro atoms. The van der Waals surface area contributed by atoms with Crippen molar-refractivity contribution in [2.24, 2.45) is 17.6 Å². The minimum absolute atomic E-state index is 0.0907. The van der Waals surface area contributed by atoms with Crippen LogP contribution in [-0.4, -0.2) is 68.5 Å². The van der Waals surface area contributed by atoms with Crippen LogP contribution in [0.4, 0.5) is 5.69 Å². The number of phenols is 3. The standard InChI is InChI=1S/C21H20N2O9/c1-23(2)7-3-4-8(24)11-10(7)16(27)13-14(17(11)28)19(30)21(32)6(15(13)26)5-9(25)12(18(21)29)20(22)31/h3-4,6,12,15,24,26-28,32H,5H2,1-2H3,(H2,22,31)/t6-,12?,15-,21-/m1/s1. The Morgan fingerprint density at radius 1 is 1.09 bits per heavy atom. The lowest BCUT2D eigenvalue weighted by atomic mass is 9.59. The van der Waals surface area contributed by atoms with E-state index in [2.05, 4.69) is 0 Å². The molecule has 7 N–H and O–H groups in total. The van der Waals surface area contributed by atoms with E-state index in [1.54, 1.807) is 19.0 Å². The number of ketones is 3. The Labute approximate surface area is 180 Å². The Balaban J connectivity index is 2.11. The molecule has 0 heterocycles. The van der Waals surface area contributed by atoms with Gasteiger partial charge in [-0.05, 0) is 12.1 Å². The van der Waals surface area contributed by atoms with Crippen LogP contribution in [0, 0.1) is 11.8 Å². The van der Waals surface area contributed by atoms with E-state index < -0.39 is 81.6 Å². The Hall–Kier alpha value is -3.70. The van der Waals surface area contributed by atoms with Crippen LogP contribution >= 0.6 is 0 Å². The minimum atomic E-state index is -3.05. The van der Waals surface area contributed by atoms with Crippen LogP contribution in [0.15, 0.2) is 12.1 Å². The molecule has 1 unspecified atom stereocenters. The number of amides is 1. The van der Waals surface area contributed by atoms with Crippen LogP contribution in [0.3, 0.4) is 0 Å². The molecule has 1 fully saturated rings. The summed E-state index contributed by atoms with van der Waals surface area (Å²) < 4.78 is 0. The average Bonchev–Trinajstić information content (AvgIpc) is 2.70. The molecular formula is C21H20N2O9. The summed E-state index contributed by atoms with van der Waals surface area (Å²) in [4.78, 5) is 51.7. The summed E-state index contributed by atoms with van der Waals surface area (Å²) in [5.74, 6) is -11.2. The number of aliphatic hydroxyl groups excluding tert-OH is 1. The minimum Gasteiger partial charge on any atom is -0.507 e. The maximum absolute atomic E-state index is 13.3. The van der Waals surface area contributed by atoms with Crippen LogP contribution in [0.1, 0.15) is 28.4 Å². The number of aliphatic hydroxyl groups is 2. The monoisotopic (exact) mass is 444 g/mol. The van der Waals surface area contributed by atoms with Gasteiger partial charge in [-0.25, -0.2) is 0 Å². The fourth-order valence-corrected chi connectivity index (χ4v) is 4.79. The summed E-state index contributed by atoms with van der Waals surface area (Å²) in [7, 11) is 3.23. The number of nitrogens with zero attached hydrogens (tertiary/aromatic N) is 1. The smallest absolute Gasteiger partial charge is 0.235 e. The molecule has 11 heteroatoms. The summed E-state index contributed by atoms with van der Waals surface area (Å²) in [6.07, 6.45) is -2.69. The largest absolute Gasteiger partial charge is 0.507 e. The van der Waals surface area contributed by atoms with Crippen LogP contribution in [0.25, 0.3) is 10.8 Å². The highest BCUT2D eigenvalue weighted by Crippen LogP contribution is 2.56. The van der Waals surface area contributed by atoms with Gasteiger partial charge < -0.3 is 36.2 Å². The summed E-state index contributed by atoms with van der Waals surface area (Å²) >= 11 is 0. The summed E-state index contributed by atoms with van der Waals surface area (Å²) in [5.41, 5.74) is 1.08. The zero-order chi connectivity index (χ0) is 23.9. The highest BCUT2D eigenvalue weighted by molar-refractivity contribution is 6.32. The van der Waals surface area contributed by atoms with Gasteiger partial charge in [-0.2, -0.15) is 0 Å². The van der Waals surface area contributed by atoms with Gasteiger partial charge in [0.25, 0.3) is 0 Å². The van der Waals surface area contributed by atoms with E-state index in [0.717, 1.165) is 0 Å². The number of Topliss-reactive ketones (excluding diaryl/α,β-unsaturated/α-hetero) is 3. The second-order valence-corrected chi connectivity index (χ2v) is 8.25. The molecule has 4 rings (SSSR count). The Morgan fingerprint density at radius 3 is 2.28 bits per heavy atom. The first-order chi connectivity index (χ1) is 14.8. The van der Waals surface area contributed by atoms with E-state index >= 15 is 0 Å². The third-order valence-corrected chi connectivity index (χ3v) is 6.33. The number of fused-ring (bicyclic) bond motifs is 3. The molecule has 168 valence electrons. The van der Waals surface area contributed by atoms with Crippen molar-refractivity contribution < 1.29 is 44.7 Å². The lowest BCUT2D eigenvalue weighted by Crippen LogP contribution is -2.65. The summed E-state index contributed by atoms with van der Waals surface area (Å²) in [6.45, 7) is 0. The van der Waals surface area contributed by atoms with Gasteiger partial charge in [0, 0.05) is 37.7 Å². The third kappa shape index (κ3) is 2.43. The third-order valence-electron chi connectivity index (χ3n) is 6.33. The van der Waals surface area contributed by atoms with Gasteiger partial charge in [-0.1, -0.05) is 0 Å². The predicted molar refractivity (Wildman–Crippen MR) is 108 cm³/mol. The topological polar surface area (TPSA) is 199 Å². The first-order valence-electron chi connectivity index (χ1n) is 9.58. The number of hydrogen-bond acceptors (Lipinski definition) is 10. The van der Waals surface area contributed by atoms with Gasteiger partial charge in [-0.3, -0.25) is 19.2 Å². The number of primary amides is 1. The van der Waals surface area contributed by atoms with Gasteiger partial charge in [0.15, 0.2) is 23.1 Å². The molecule has 4 atom stereocenters. The average molecular weight is 444 g/mol. The van der Waals surface area contributed by atoms with Gasteiger partial charge >= 0.3 is 0 Å². The van der Waals surface area contributed by atoms with Crippen molar-refractivity contribution in [1.82, 2.24) is 0 Å². The van der Waals surface area contributed by atoms with Crippen molar-refractivity contribution in [3.63, 3.8) is 0 Å². The van der Waals surface area contributed by atoms with Crippen molar-refractivity contribution in [3.8, 4) is 17.2 Å². The van der Waals surface area contributed by atoms with Crippen LogP contribution in [0.5, 0.6) is 17.2 Å². The number of phenolic OH excluding ortho intramolecular Hbond substituents is 3. The van der Waals surface area contributed by atoms with E-state index in [9.17, 15) is 44.7 Å². The lowest BCUT2D eigenvalue weighted by Gasteiger charge is -2.45. The van der Waals surface area contributed by atoms with E-state index in [1.165, 1.54) is 12.1 Å². The van der Waals surface area contributed by atoms with Crippen molar-refractivity contribution in [3.05, 3.63) is 23.3 Å². The van der Waals surface area contributed by atoms with Gasteiger partial charge in [0.2, 0.25) is 11.7 Å². The fraction of sp³-hybridized carbons (Fsp3) is 0.333. The molecular weight excluding hydrogens is 424 g/mol. The molecule has 11 nitrogen and oxygen atoms in total. The molecule has 2 aliphatic rings. The number of carbonyl (C=O) groups is 4. The molecule has 2 aromatic carbocycles. The first kappa shape index (κ1) is 21.5. The SMILES string of the molecule is CN(C)c1ccc(O)c2c(O)c3c(c(O)c12)[C@H](O)[C@H]1CC(=O)C(C(N)=O)C(=O)[C@@]1(O)C3=O. The molecule has 0 aliphatic heterocycles. The summed E-state index contributed by atoms with van der Waals surface area (Å²) in [5, 5.41) is 53.9. The number of anilines is 1. The van der Waals surface area contributed by atoms with Gasteiger partial charge in [0.1, 0.15) is 17.2 Å². The van der Waals surface area contributed by atoms with Crippen molar-refractivity contribution in [2.45, 2.75) is 18.1 Å². The Bertz CT molecular complexity index is 1250. The predicted octanol–water partition coefficient (Wildman–Crippen LogP) is -0.757. The molecule has 0 bridgehead atoms. The lowest BCUT2D eigenvalue weighted by molar-refractivity contribution is -0.163. The van der Waals surface area contributed by atoms with Gasteiger partial charge in [-0.15, -0.1) is 0 Å². The number of carbonyl (C=O) groups excluding carboxylic acids is 4. The highest BCUT2D eigenvalue weighted by Gasteiger charge is 2.65. The zero-order valence-corrected chi connectivity index (χ0v) is 17.0. The molecule has 0 radical (unpaired) electrons. The maximum atomic E-state index is 13.3. The van der Waals surface area contributed by atoms with E-state index in [4.69, 9.17) is 5.73 Å². The second kappa shape index (κ2) is 6.65. The normalized spacial score (nSPS) is 27.2. The zero-order valence-electron chi connectivity index (χ0n) is 17.0. The number of aromatic hydroxyl groups is 3. The molecule has 2 aromatic rings. The van der Waals surface area contributed by atoms with Crippen LogP contribution in [0.2, 0.25) is 0 Å². The molecule has 0 aromatic heterocycles. The Kier molecular flexibility index (Phi) is 4.47. The van der Waals surface area contributed by atoms with Crippen molar-refractivity contribution >= 4 is 39.7 Å². The van der Waals surface area contributed by atoms with E-state index in [-0.39, 0.29) is 10.8 Å². The number of nitrogens with two attached hydrogens (primary N) is 1. The summed E-state index contributed by atoms with van der Waals surface area (Å²) in [6, 6.07) is 2.64.